The molecule has 4 aromatic carbocycles. The summed E-state index contributed by atoms with van der Waals surface area (Å²) < 4.78 is 1.41. The van der Waals surface area contributed by atoms with Crippen molar-refractivity contribution in [2.24, 2.45) is 0 Å². The molecule has 0 radical (unpaired) electrons. The van der Waals surface area contributed by atoms with Crippen LogP contribution in [-0.2, 0) is 0 Å². The number of hydrogen-bond donors (Lipinski definition) is 2. The summed E-state index contributed by atoms with van der Waals surface area (Å²) in [6, 6.07) is 29.1. The number of hydrogen-bond acceptors (Lipinski definition) is 4. The van der Waals surface area contributed by atoms with E-state index in [-0.39, 0.29) is 5.91 Å². The molecule has 1 aromatic heterocycles. The van der Waals surface area contributed by atoms with Crippen LogP contribution in [0.2, 0.25) is 0 Å². The van der Waals surface area contributed by atoms with Crippen molar-refractivity contribution in [2.45, 2.75) is 0 Å². The molecule has 2 N–H and O–H groups in total. The molecular weight excluding hydrogens is 428 g/mol. The number of nitrogens with one attached hydrogen (secondary N) is 1. The van der Waals surface area contributed by atoms with Crippen molar-refractivity contribution in [2.75, 3.05) is 5.32 Å². The van der Waals surface area contributed by atoms with Crippen LogP contribution in [0.15, 0.2) is 97.1 Å². The first-order valence-electron chi connectivity index (χ1n) is 10.6. The maximum atomic E-state index is 12.7. The smallest absolute Gasteiger partial charge is 0.255 e. The highest BCUT2D eigenvalue weighted by Gasteiger charge is 2.15. The fourth-order valence-corrected chi connectivity index (χ4v) is 3.74. The summed E-state index contributed by atoms with van der Waals surface area (Å²) in [7, 11) is 0. The van der Waals surface area contributed by atoms with Crippen LogP contribution in [0.3, 0.4) is 0 Å². The Kier molecular flexibility index (Phi) is 5.27. The second kappa shape index (κ2) is 8.55. The van der Waals surface area contributed by atoms with Gasteiger partial charge in [0.1, 0.15) is 12.2 Å². The third-order valence-corrected chi connectivity index (χ3v) is 5.56. The molecule has 5 rings (SSSR count). The number of amides is 1. The van der Waals surface area contributed by atoms with E-state index >= 15 is 0 Å². The maximum Gasteiger partial charge on any atom is 0.255 e. The van der Waals surface area contributed by atoms with Gasteiger partial charge in [-0.25, -0.2) is 4.98 Å². The predicted octanol–water partition coefficient (Wildman–Crippen LogP) is 5.70. The van der Waals surface area contributed by atoms with Gasteiger partial charge in [0.2, 0.25) is 5.69 Å². The van der Waals surface area contributed by atoms with Gasteiger partial charge in [0.25, 0.3) is 5.91 Å². The van der Waals surface area contributed by atoms with Crippen LogP contribution in [0.1, 0.15) is 10.4 Å². The topological polar surface area (TPSA) is 93.2 Å². The molecule has 7 heteroatoms. The van der Waals surface area contributed by atoms with Crippen molar-refractivity contribution < 1.29 is 14.7 Å². The molecule has 5 aromatic rings. The quantitative estimate of drug-likeness (QED) is 0.119. The maximum absolute atomic E-state index is 12.7. The van der Waals surface area contributed by atoms with Crippen LogP contribution in [-0.4, -0.2) is 32.3 Å². The summed E-state index contributed by atoms with van der Waals surface area (Å²) in [5.41, 5.74) is 5.19. The van der Waals surface area contributed by atoms with Gasteiger partial charge in [-0.1, -0.05) is 42.5 Å². The highest BCUT2D eigenvalue weighted by atomic mass is 16.5. The van der Waals surface area contributed by atoms with E-state index in [2.05, 4.69) is 17.0 Å². The molecule has 34 heavy (non-hydrogen) atoms. The number of carbonyl (C=O) groups is 1. The van der Waals surface area contributed by atoms with E-state index in [0.29, 0.717) is 44.1 Å². The number of carbonyl (C=O) groups excluding carboxylic acids is 1. The lowest BCUT2D eigenvalue weighted by Gasteiger charge is -2.08. The Bertz CT molecular complexity index is 1510. The molecule has 7 nitrogen and oxygen atoms in total. The van der Waals surface area contributed by atoms with E-state index in [9.17, 15) is 15.2 Å². The Morgan fingerprint density at radius 3 is 2.21 bits per heavy atom. The van der Waals surface area contributed by atoms with E-state index in [1.54, 1.807) is 48.5 Å². The molecule has 0 fully saturated rings. The van der Waals surface area contributed by atoms with E-state index in [1.165, 1.54) is 6.07 Å². The number of benzene rings is 4. The Hall–Kier alpha value is -4.91. The number of fused-ring (bicyclic) bond motifs is 1. The lowest BCUT2D eigenvalue weighted by Crippen LogP contribution is -2.11. The summed E-state index contributed by atoms with van der Waals surface area (Å²) in [6.07, 6.45) is 0. The molecule has 0 saturated heterocycles. The van der Waals surface area contributed by atoms with Gasteiger partial charge in [0.15, 0.2) is 5.82 Å². The minimum absolute atomic E-state index is 0.218. The molecule has 0 aliphatic heterocycles. The molecular formula is C27H20N4O3. The fraction of sp³-hybridized carbons (Fsp3) is 0. The zero-order valence-corrected chi connectivity index (χ0v) is 18.1. The van der Waals surface area contributed by atoms with Gasteiger partial charge in [0, 0.05) is 28.9 Å². The summed E-state index contributed by atoms with van der Waals surface area (Å²) in [5, 5.41) is 24.9. The highest BCUT2D eigenvalue weighted by Crippen LogP contribution is 2.27. The molecule has 0 spiro atoms. The third-order valence-electron chi connectivity index (χ3n) is 5.56. The second-order valence-corrected chi connectivity index (χ2v) is 7.77. The van der Waals surface area contributed by atoms with E-state index < -0.39 is 0 Å². The van der Waals surface area contributed by atoms with Gasteiger partial charge in [-0.15, -0.1) is 0 Å². The normalized spacial score (nSPS) is 10.8. The molecule has 0 aliphatic carbocycles. The van der Waals surface area contributed by atoms with Gasteiger partial charge >= 0.3 is 0 Å². The largest absolute Gasteiger partial charge is 0.619 e. The van der Waals surface area contributed by atoms with Crippen molar-refractivity contribution in [1.82, 2.24) is 9.71 Å². The standard InChI is InChI=1S/C27H20N4O3/c1-30(33)23-15-16-24-25(17-23)31(34)26(29-24)20-11-13-22(14-12-20)28-27(32)21-9-7-19(8-10-21)18-5-3-2-4-6-18/h2-17,34H,1H2,(H,28,32). The van der Waals surface area contributed by atoms with Crippen molar-refractivity contribution in [3.8, 4) is 22.5 Å². The van der Waals surface area contributed by atoms with Crippen LogP contribution in [0, 0.1) is 5.21 Å². The summed E-state index contributed by atoms with van der Waals surface area (Å²) in [6.45, 7) is 3.32. The van der Waals surface area contributed by atoms with Crippen LogP contribution in [0.4, 0.5) is 11.4 Å². The molecule has 1 heterocycles. The fourth-order valence-electron chi connectivity index (χ4n) is 3.74. The zero-order valence-electron chi connectivity index (χ0n) is 18.1. The van der Waals surface area contributed by atoms with Crippen molar-refractivity contribution >= 4 is 35.0 Å². The van der Waals surface area contributed by atoms with Gasteiger partial charge < -0.3 is 15.7 Å². The van der Waals surface area contributed by atoms with E-state index in [4.69, 9.17) is 0 Å². The molecule has 0 bridgehead atoms. The number of nitrogens with zero attached hydrogens (tertiary/aromatic N) is 3. The SMILES string of the molecule is C=[N+]([O-])c1ccc2nc(-c3ccc(NC(=O)c4ccc(-c5ccccc5)cc4)cc3)n(O)c2c1. The summed E-state index contributed by atoms with van der Waals surface area (Å²) in [4.78, 5) is 17.1. The monoisotopic (exact) mass is 448 g/mol. The first-order chi connectivity index (χ1) is 16.5. The molecule has 0 unspecified atom stereocenters. The van der Waals surface area contributed by atoms with Crippen LogP contribution >= 0.6 is 0 Å². The Morgan fingerprint density at radius 2 is 1.53 bits per heavy atom. The first-order valence-corrected chi connectivity index (χ1v) is 10.6. The first kappa shape index (κ1) is 21.0. The van der Waals surface area contributed by atoms with Crippen LogP contribution < -0.4 is 5.32 Å². The Morgan fingerprint density at radius 1 is 0.882 bits per heavy atom. The molecule has 0 atom stereocenters. The Balaban J connectivity index is 1.33. The van der Waals surface area contributed by atoms with Gasteiger partial charge in [-0.3, -0.25) is 4.79 Å². The average molecular weight is 448 g/mol. The zero-order chi connectivity index (χ0) is 23.7. The van der Waals surface area contributed by atoms with Gasteiger partial charge in [0.05, 0.1) is 5.52 Å². The number of anilines is 1. The Labute approximate surface area is 195 Å². The minimum Gasteiger partial charge on any atom is -0.619 e. The lowest BCUT2D eigenvalue weighted by molar-refractivity contribution is -0.349. The molecule has 0 aliphatic rings. The van der Waals surface area contributed by atoms with E-state index in [0.717, 1.165) is 15.9 Å². The number of rotatable bonds is 5. The third kappa shape index (κ3) is 3.98. The highest BCUT2D eigenvalue weighted by molar-refractivity contribution is 6.04. The lowest BCUT2D eigenvalue weighted by atomic mass is 10.0. The predicted molar refractivity (Wildman–Crippen MR) is 133 cm³/mol. The molecule has 166 valence electrons. The van der Waals surface area contributed by atoms with Crippen molar-refractivity contribution in [3.63, 3.8) is 0 Å². The second-order valence-electron chi connectivity index (χ2n) is 7.77. The summed E-state index contributed by atoms with van der Waals surface area (Å²) in [5.74, 6) is 0.104. The number of aromatic nitrogens is 2. The average Bonchev–Trinajstić information content (AvgIpc) is 3.21. The van der Waals surface area contributed by atoms with Gasteiger partial charge in [-0.2, -0.15) is 9.47 Å². The van der Waals surface area contributed by atoms with Crippen molar-refractivity contribution in [1.29, 1.82) is 0 Å². The van der Waals surface area contributed by atoms with E-state index in [1.807, 2.05) is 42.5 Å². The summed E-state index contributed by atoms with van der Waals surface area (Å²) >= 11 is 0. The molecule has 1 amide bonds. The minimum atomic E-state index is -0.218. The van der Waals surface area contributed by atoms with Crippen LogP contribution in [0.5, 0.6) is 0 Å². The molecule has 0 saturated carbocycles. The van der Waals surface area contributed by atoms with Gasteiger partial charge in [-0.05, 0) is 53.6 Å². The number of imidazole rings is 1. The van der Waals surface area contributed by atoms with Crippen LogP contribution in [0.25, 0.3) is 33.5 Å². The van der Waals surface area contributed by atoms with Crippen molar-refractivity contribution in [3.05, 3.63) is 108 Å².